The summed E-state index contributed by atoms with van der Waals surface area (Å²) in [6, 6.07) is 14.5. The molecule has 0 bridgehead atoms. The minimum absolute atomic E-state index is 0.117. The Morgan fingerprint density at radius 3 is 2.50 bits per heavy atom. The number of hydrogen-bond acceptors (Lipinski definition) is 2. The predicted molar refractivity (Wildman–Crippen MR) is 72.4 cm³/mol. The molecule has 0 amide bonds. The van der Waals surface area contributed by atoms with Gasteiger partial charge in [0.2, 0.25) is 0 Å². The van der Waals surface area contributed by atoms with Gasteiger partial charge in [0.25, 0.3) is 0 Å². The van der Waals surface area contributed by atoms with Crippen LogP contribution in [-0.2, 0) is 5.75 Å². The van der Waals surface area contributed by atoms with Crippen molar-refractivity contribution in [1.82, 2.24) is 0 Å². The molecule has 0 heterocycles. The predicted octanol–water partition coefficient (Wildman–Crippen LogP) is 4.32. The van der Waals surface area contributed by atoms with E-state index in [1.807, 2.05) is 30.3 Å². The van der Waals surface area contributed by atoms with Gasteiger partial charge in [0.05, 0.1) is 0 Å². The monoisotopic (exact) mass is 260 g/mol. The van der Waals surface area contributed by atoms with Crippen LogP contribution in [0.15, 0.2) is 53.4 Å². The van der Waals surface area contributed by atoms with Crippen LogP contribution in [0.1, 0.15) is 22.8 Å². The van der Waals surface area contributed by atoms with E-state index in [2.05, 4.69) is 0 Å². The first-order chi connectivity index (χ1) is 8.66. The van der Waals surface area contributed by atoms with Crippen molar-refractivity contribution in [3.8, 4) is 0 Å². The van der Waals surface area contributed by atoms with Crippen molar-refractivity contribution < 1.29 is 9.18 Å². The minimum Gasteiger partial charge on any atom is -0.295 e. The molecule has 92 valence electrons. The lowest BCUT2D eigenvalue weighted by molar-refractivity contribution is 0.101. The van der Waals surface area contributed by atoms with Crippen molar-refractivity contribution >= 4 is 17.5 Å². The number of thioether (sulfide) groups is 1. The quantitative estimate of drug-likeness (QED) is 0.601. The first-order valence-electron chi connectivity index (χ1n) is 5.64. The van der Waals surface area contributed by atoms with Gasteiger partial charge in [-0.1, -0.05) is 36.4 Å². The molecule has 0 aliphatic heterocycles. The van der Waals surface area contributed by atoms with Gasteiger partial charge in [0, 0.05) is 16.2 Å². The number of hydrogen-bond donors (Lipinski definition) is 0. The highest BCUT2D eigenvalue weighted by atomic mass is 32.2. The average Bonchev–Trinajstić information content (AvgIpc) is 2.38. The van der Waals surface area contributed by atoms with Crippen molar-refractivity contribution in [3.05, 3.63) is 65.5 Å². The Kier molecular flexibility index (Phi) is 4.15. The fourth-order valence-electron chi connectivity index (χ4n) is 1.57. The van der Waals surface area contributed by atoms with Crippen LogP contribution in [0, 0.1) is 5.82 Å². The molecule has 2 aromatic carbocycles. The number of carbonyl (C=O) groups excluding carboxylic acids is 1. The highest BCUT2D eigenvalue weighted by molar-refractivity contribution is 7.98. The van der Waals surface area contributed by atoms with Gasteiger partial charge in [-0.15, -0.1) is 11.8 Å². The van der Waals surface area contributed by atoms with Gasteiger partial charge in [-0.3, -0.25) is 4.79 Å². The van der Waals surface area contributed by atoms with Crippen molar-refractivity contribution in [1.29, 1.82) is 0 Å². The summed E-state index contributed by atoms with van der Waals surface area (Å²) >= 11 is 1.43. The number of carbonyl (C=O) groups is 1. The lowest BCUT2D eigenvalue weighted by atomic mass is 10.1. The van der Waals surface area contributed by atoms with E-state index in [1.165, 1.54) is 24.8 Å². The van der Waals surface area contributed by atoms with Gasteiger partial charge >= 0.3 is 0 Å². The Bertz CT molecular complexity index is 552. The number of halogens is 1. The topological polar surface area (TPSA) is 17.1 Å². The van der Waals surface area contributed by atoms with E-state index in [9.17, 15) is 9.18 Å². The van der Waals surface area contributed by atoms with Gasteiger partial charge in [-0.05, 0) is 24.6 Å². The number of ketones is 1. The Morgan fingerprint density at radius 2 is 1.89 bits per heavy atom. The summed E-state index contributed by atoms with van der Waals surface area (Å²) in [5.41, 5.74) is 1.56. The number of Topliss-reactive ketones (excluding diaryl/α,β-unsaturated/α-hetero) is 1. The lowest BCUT2D eigenvalue weighted by Crippen LogP contribution is -1.94. The molecule has 0 fully saturated rings. The molecular weight excluding hydrogens is 247 g/mol. The fraction of sp³-hybridized carbons (Fsp3) is 0.133. The van der Waals surface area contributed by atoms with Crippen LogP contribution in [0.3, 0.4) is 0 Å². The van der Waals surface area contributed by atoms with Gasteiger partial charge in [0.15, 0.2) is 5.78 Å². The van der Waals surface area contributed by atoms with Crippen LogP contribution >= 0.6 is 11.8 Å². The molecule has 0 aromatic heterocycles. The molecule has 2 rings (SSSR count). The van der Waals surface area contributed by atoms with E-state index in [1.54, 1.807) is 12.1 Å². The molecule has 0 unspecified atom stereocenters. The van der Waals surface area contributed by atoms with Crippen LogP contribution in [0.4, 0.5) is 4.39 Å². The molecule has 0 saturated carbocycles. The van der Waals surface area contributed by atoms with E-state index < -0.39 is 0 Å². The third-order valence-electron chi connectivity index (χ3n) is 2.58. The van der Waals surface area contributed by atoms with E-state index in [-0.39, 0.29) is 11.6 Å². The molecule has 0 aliphatic rings. The molecule has 3 heteroatoms. The minimum atomic E-state index is -0.330. The van der Waals surface area contributed by atoms with Gasteiger partial charge in [0.1, 0.15) is 5.82 Å². The lowest BCUT2D eigenvalue weighted by Gasteiger charge is -2.04. The average molecular weight is 260 g/mol. The maximum Gasteiger partial charge on any atom is 0.159 e. The van der Waals surface area contributed by atoms with Gasteiger partial charge < -0.3 is 0 Å². The van der Waals surface area contributed by atoms with Gasteiger partial charge in [-0.2, -0.15) is 0 Å². The number of rotatable bonds is 4. The molecule has 0 aliphatic carbocycles. The summed E-state index contributed by atoms with van der Waals surface area (Å²) < 4.78 is 13.7. The fourth-order valence-corrected chi connectivity index (χ4v) is 2.45. The Balaban J connectivity index is 2.08. The molecule has 0 saturated heterocycles. The molecule has 18 heavy (non-hydrogen) atoms. The Labute approximate surface area is 110 Å². The first-order valence-corrected chi connectivity index (χ1v) is 6.62. The summed E-state index contributed by atoms with van der Waals surface area (Å²) in [6.45, 7) is 1.44. The zero-order valence-electron chi connectivity index (χ0n) is 10.0. The van der Waals surface area contributed by atoms with Crippen molar-refractivity contribution in [2.24, 2.45) is 0 Å². The second kappa shape index (κ2) is 5.83. The largest absolute Gasteiger partial charge is 0.295 e. The summed E-state index contributed by atoms with van der Waals surface area (Å²) in [4.78, 5) is 11.7. The van der Waals surface area contributed by atoms with Crippen LogP contribution in [0.25, 0.3) is 0 Å². The summed E-state index contributed by atoms with van der Waals surface area (Å²) in [6.07, 6.45) is 0. The summed E-state index contributed by atoms with van der Waals surface area (Å²) in [5, 5.41) is 0. The smallest absolute Gasteiger partial charge is 0.159 e. The number of benzene rings is 2. The van der Waals surface area contributed by atoms with Gasteiger partial charge in [-0.25, -0.2) is 4.39 Å². The maximum atomic E-state index is 13.7. The molecule has 2 aromatic rings. The molecule has 0 N–H and O–H groups in total. The summed E-state index contributed by atoms with van der Waals surface area (Å²) in [5.74, 6) is 0.272. The zero-order chi connectivity index (χ0) is 13.0. The molecule has 0 atom stereocenters. The van der Waals surface area contributed by atoms with E-state index >= 15 is 0 Å². The van der Waals surface area contributed by atoms with Crippen LogP contribution in [0.5, 0.6) is 0 Å². The standard InChI is InChI=1S/C15H13FOS/c1-11(17)13-7-8-15(14(16)9-13)18-10-12-5-3-2-4-6-12/h2-9H,10H2,1H3. The van der Waals surface area contributed by atoms with Crippen molar-refractivity contribution in [2.45, 2.75) is 17.6 Å². The third-order valence-corrected chi connectivity index (χ3v) is 3.70. The molecule has 0 spiro atoms. The van der Waals surface area contributed by atoms with E-state index in [0.29, 0.717) is 10.5 Å². The highest BCUT2D eigenvalue weighted by Crippen LogP contribution is 2.26. The van der Waals surface area contributed by atoms with Crippen LogP contribution in [0.2, 0.25) is 0 Å². The Morgan fingerprint density at radius 1 is 1.17 bits per heavy atom. The normalized spacial score (nSPS) is 10.3. The second-order valence-corrected chi connectivity index (χ2v) is 4.99. The van der Waals surface area contributed by atoms with Crippen molar-refractivity contribution in [3.63, 3.8) is 0 Å². The van der Waals surface area contributed by atoms with Crippen LogP contribution < -0.4 is 0 Å². The van der Waals surface area contributed by atoms with E-state index in [0.717, 1.165) is 11.3 Å². The molecule has 1 nitrogen and oxygen atoms in total. The Hall–Kier alpha value is -1.61. The molecule has 0 radical (unpaired) electrons. The maximum absolute atomic E-state index is 13.7. The van der Waals surface area contributed by atoms with E-state index in [4.69, 9.17) is 0 Å². The van der Waals surface area contributed by atoms with Crippen LogP contribution in [-0.4, -0.2) is 5.78 Å². The SMILES string of the molecule is CC(=O)c1ccc(SCc2ccccc2)c(F)c1. The first kappa shape index (κ1) is 12.8. The highest BCUT2D eigenvalue weighted by Gasteiger charge is 2.07. The zero-order valence-corrected chi connectivity index (χ0v) is 10.8. The second-order valence-electron chi connectivity index (χ2n) is 3.98. The molecular formula is C15H13FOS. The third kappa shape index (κ3) is 3.20. The van der Waals surface area contributed by atoms with Crippen molar-refractivity contribution in [2.75, 3.05) is 0 Å². The summed E-state index contributed by atoms with van der Waals surface area (Å²) in [7, 11) is 0.